The fraction of sp³-hybridized carbons (Fsp3) is 0.353. The quantitative estimate of drug-likeness (QED) is 0.762. The Balaban J connectivity index is 2.01. The van der Waals surface area contributed by atoms with Gasteiger partial charge in [-0.25, -0.2) is 5.43 Å². The lowest BCUT2D eigenvalue weighted by atomic mass is 9.94. The molecule has 0 saturated heterocycles. The van der Waals surface area contributed by atoms with Gasteiger partial charge in [0.25, 0.3) is 0 Å². The summed E-state index contributed by atoms with van der Waals surface area (Å²) in [6.45, 7) is 1.44. The largest absolute Gasteiger partial charge is 0.481 e. The molecule has 2 aromatic rings. The molecule has 0 spiro atoms. The maximum Gasteiger partial charge on any atom is 0.306 e. The second-order valence-corrected chi connectivity index (χ2v) is 7.07. The topological polar surface area (TPSA) is 66.3 Å². The van der Waals surface area contributed by atoms with Gasteiger partial charge in [0.15, 0.2) is 0 Å². The van der Waals surface area contributed by atoms with Crippen LogP contribution in [0.1, 0.15) is 24.1 Å². The lowest BCUT2D eigenvalue weighted by molar-refractivity contribution is -0.141. The number of hydrogen-bond acceptors (Lipinski definition) is 3. The van der Waals surface area contributed by atoms with Crippen molar-refractivity contribution in [1.29, 1.82) is 0 Å². The second kappa shape index (κ2) is 5.99. The van der Waals surface area contributed by atoms with Gasteiger partial charge in [0.1, 0.15) is 0 Å². The van der Waals surface area contributed by atoms with Crippen molar-refractivity contribution in [2.24, 2.45) is 5.92 Å². The highest BCUT2D eigenvalue weighted by Crippen LogP contribution is 2.41. The van der Waals surface area contributed by atoms with E-state index in [1.807, 2.05) is 12.3 Å². The Hall–Kier alpha value is -1.69. The summed E-state index contributed by atoms with van der Waals surface area (Å²) >= 11 is 12.8. The fourth-order valence-corrected chi connectivity index (χ4v) is 4.21. The lowest BCUT2D eigenvalue weighted by Crippen LogP contribution is -2.20. The number of carbonyl (C=O) groups is 1. The highest BCUT2D eigenvalue weighted by atomic mass is 35.5. The van der Waals surface area contributed by atoms with E-state index in [1.54, 1.807) is 6.07 Å². The molecule has 7 heteroatoms. The van der Waals surface area contributed by atoms with E-state index < -0.39 is 5.97 Å². The van der Waals surface area contributed by atoms with Crippen molar-refractivity contribution in [1.82, 2.24) is 15.4 Å². The smallest absolute Gasteiger partial charge is 0.306 e. The summed E-state index contributed by atoms with van der Waals surface area (Å²) in [5, 5.41) is 11.6. The highest BCUT2D eigenvalue weighted by Gasteiger charge is 2.30. The van der Waals surface area contributed by atoms with Crippen LogP contribution in [0.3, 0.4) is 0 Å². The number of aliphatic carboxylic acids is 1. The minimum atomic E-state index is -0.736. The molecule has 24 heavy (non-hydrogen) atoms. The van der Waals surface area contributed by atoms with Crippen molar-refractivity contribution in [3.63, 3.8) is 0 Å². The Labute approximate surface area is 149 Å². The first-order valence-corrected chi connectivity index (χ1v) is 8.73. The number of nitrogens with one attached hydrogen (secondary N) is 2. The van der Waals surface area contributed by atoms with E-state index in [9.17, 15) is 9.90 Å². The number of hydrazine groups is 1. The standard InChI is InChI=1S/C17H17Cl2N3O2/c18-12-4-3-11-14(10-7-20-21-8-10)13-6-9(17(23)24)2-1-5-22(13)16(11)15(12)19/h3-4,7,9,20-21H,1-2,5-6,8H2,(H,23,24). The maximum absolute atomic E-state index is 11.6. The summed E-state index contributed by atoms with van der Waals surface area (Å²) < 4.78 is 2.17. The van der Waals surface area contributed by atoms with Gasteiger partial charge in [-0.15, -0.1) is 0 Å². The number of hydrogen-bond donors (Lipinski definition) is 3. The summed E-state index contributed by atoms with van der Waals surface area (Å²) in [7, 11) is 0. The van der Waals surface area contributed by atoms with Gasteiger partial charge in [0.05, 0.1) is 21.5 Å². The zero-order valence-electron chi connectivity index (χ0n) is 12.9. The number of carboxylic acids is 1. The molecule has 0 saturated carbocycles. The van der Waals surface area contributed by atoms with Crippen LogP contribution < -0.4 is 10.9 Å². The number of rotatable bonds is 2. The Morgan fingerprint density at radius 2 is 2.17 bits per heavy atom. The first kappa shape index (κ1) is 15.8. The predicted molar refractivity (Wildman–Crippen MR) is 95.1 cm³/mol. The zero-order chi connectivity index (χ0) is 16.8. The number of benzene rings is 1. The van der Waals surface area contributed by atoms with E-state index in [-0.39, 0.29) is 5.92 Å². The third-order valence-electron chi connectivity index (χ3n) is 4.89. The minimum Gasteiger partial charge on any atom is -0.481 e. The van der Waals surface area contributed by atoms with E-state index >= 15 is 0 Å². The SMILES string of the molecule is O=C(O)C1CCCn2c(c(C3=CNNC3)c3ccc(Cl)c(Cl)c32)C1. The molecule has 0 radical (unpaired) electrons. The molecule has 0 fully saturated rings. The molecule has 0 bridgehead atoms. The predicted octanol–water partition coefficient (Wildman–Crippen LogP) is 3.43. The van der Waals surface area contributed by atoms with E-state index in [4.69, 9.17) is 23.2 Å². The monoisotopic (exact) mass is 365 g/mol. The molecule has 3 heterocycles. The van der Waals surface area contributed by atoms with Crippen molar-refractivity contribution in [3.8, 4) is 0 Å². The van der Waals surface area contributed by atoms with Crippen LogP contribution in [-0.2, 0) is 17.8 Å². The Kier molecular flexibility index (Phi) is 3.95. The molecule has 1 aromatic heterocycles. The van der Waals surface area contributed by atoms with E-state index in [0.29, 0.717) is 29.4 Å². The number of nitrogens with zero attached hydrogens (tertiary/aromatic N) is 1. The van der Waals surface area contributed by atoms with Crippen LogP contribution in [0.4, 0.5) is 0 Å². The Bertz CT molecular complexity index is 873. The van der Waals surface area contributed by atoms with Crippen LogP contribution in [0.5, 0.6) is 0 Å². The van der Waals surface area contributed by atoms with E-state index in [1.165, 1.54) is 0 Å². The lowest BCUT2D eigenvalue weighted by Gasteiger charge is -2.11. The number of carboxylic acid groups (broad SMARTS) is 1. The molecule has 3 N–H and O–H groups in total. The van der Waals surface area contributed by atoms with Crippen LogP contribution >= 0.6 is 23.2 Å². The van der Waals surface area contributed by atoms with Gasteiger partial charge < -0.3 is 15.1 Å². The van der Waals surface area contributed by atoms with Crippen LogP contribution in [0, 0.1) is 5.92 Å². The summed E-state index contributed by atoms with van der Waals surface area (Å²) in [6, 6.07) is 3.79. The maximum atomic E-state index is 11.6. The first-order valence-electron chi connectivity index (χ1n) is 7.97. The van der Waals surface area contributed by atoms with Crippen molar-refractivity contribution < 1.29 is 9.90 Å². The zero-order valence-corrected chi connectivity index (χ0v) is 14.4. The summed E-state index contributed by atoms with van der Waals surface area (Å²) in [6.07, 6.45) is 3.92. The average molecular weight is 366 g/mol. The summed E-state index contributed by atoms with van der Waals surface area (Å²) in [4.78, 5) is 11.6. The van der Waals surface area contributed by atoms with Gasteiger partial charge >= 0.3 is 5.97 Å². The van der Waals surface area contributed by atoms with Gasteiger partial charge in [-0.05, 0) is 24.5 Å². The molecular formula is C17H17Cl2N3O2. The van der Waals surface area contributed by atoms with Gasteiger partial charge in [-0.1, -0.05) is 29.3 Å². The number of halogens is 2. The normalized spacial score (nSPS) is 20.4. The van der Waals surface area contributed by atoms with Crippen molar-refractivity contribution >= 4 is 45.6 Å². The highest BCUT2D eigenvalue weighted by molar-refractivity contribution is 6.45. The molecule has 5 nitrogen and oxygen atoms in total. The minimum absolute atomic E-state index is 0.369. The number of fused-ring (bicyclic) bond motifs is 3. The van der Waals surface area contributed by atoms with Crippen LogP contribution in [-0.4, -0.2) is 22.2 Å². The number of aryl methyl sites for hydroxylation is 1. The number of aromatic nitrogens is 1. The third-order valence-corrected chi connectivity index (χ3v) is 5.69. The van der Waals surface area contributed by atoms with Crippen LogP contribution in [0.2, 0.25) is 10.0 Å². The molecule has 1 atom stereocenters. The Morgan fingerprint density at radius 3 is 2.88 bits per heavy atom. The molecule has 2 aliphatic heterocycles. The van der Waals surface area contributed by atoms with Crippen LogP contribution in [0.25, 0.3) is 16.5 Å². The average Bonchev–Trinajstić information content (AvgIpc) is 3.11. The summed E-state index contributed by atoms with van der Waals surface area (Å²) in [5.41, 5.74) is 10.2. The first-order chi connectivity index (χ1) is 11.6. The summed E-state index contributed by atoms with van der Waals surface area (Å²) in [5.74, 6) is -1.10. The van der Waals surface area contributed by atoms with Gasteiger partial charge in [-0.3, -0.25) is 4.79 Å². The molecule has 1 unspecified atom stereocenters. The molecule has 0 amide bonds. The third kappa shape index (κ3) is 2.39. The Morgan fingerprint density at radius 1 is 1.33 bits per heavy atom. The molecule has 1 aromatic carbocycles. The van der Waals surface area contributed by atoms with Crippen molar-refractivity contribution in [2.75, 3.05) is 6.54 Å². The van der Waals surface area contributed by atoms with E-state index in [0.717, 1.165) is 40.7 Å². The van der Waals surface area contributed by atoms with Crippen molar-refractivity contribution in [3.05, 3.63) is 39.6 Å². The van der Waals surface area contributed by atoms with Gasteiger partial charge in [0.2, 0.25) is 0 Å². The fourth-order valence-electron chi connectivity index (χ4n) is 3.79. The second-order valence-electron chi connectivity index (χ2n) is 6.28. The molecule has 4 rings (SSSR count). The van der Waals surface area contributed by atoms with Gasteiger partial charge in [0, 0.05) is 42.4 Å². The van der Waals surface area contributed by atoms with Gasteiger partial charge in [-0.2, -0.15) is 0 Å². The molecular weight excluding hydrogens is 349 g/mol. The van der Waals surface area contributed by atoms with E-state index in [2.05, 4.69) is 15.4 Å². The molecule has 126 valence electrons. The van der Waals surface area contributed by atoms with Crippen molar-refractivity contribution in [2.45, 2.75) is 25.8 Å². The van der Waals surface area contributed by atoms with Crippen LogP contribution in [0.15, 0.2) is 18.3 Å². The molecule has 2 aliphatic rings. The molecule has 0 aliphatic carbocycles.